The van der Waals surface area contributed by atoms with E-state index in [-0.39, 0.29) is 17.8 Å². The molecule has 0 aromatic carbocycles. The Morgan fingerprint density at radius 1 is 1.31 bits per heavy atom. The van der Waals surface area contributed by atoms with Gasteiger partial charge in [0.2, 0.25) is 0 Å². The lowest BCUT2D eigenvalue weighted by atomic mass is 9.99. The molecule has 0 aliphatic carbocycles. The lowest BCUT2D eigenvalue weighted by molar-refractivity contribution is 0.203. The zero-order valence-electron chi connectivity index (χ0n) is 8.34. The fourth-order valence-corrected chi connectivity index (χ4v) is 2.00. The molecule has 5 heteroatoms. The molecule has 0 rings (SSSR count). The van der Waals surface area contributed by atoms with Gasteiger partial charge < -0.3 is 0 Å². The van der Waals surface area contributed by atoms with Crippen molar-refractivity contribution in [1.29, 1.82) is 0 Å². The number of rotatable bonds is 5. The third-order valence-corrected chi connectivity index (χ3v) is 2.73. The Morgan fingerprint density at radius 3 is 2.23 bits per heavy atom. The van der Waals surface area contributed by atoms with Crippen LogP contribution in [0.2, 0.25) is 0 Å². The molecule has 13 heavy (non-hydrogen) atoms. The van der Waals surface area contributed by atoms with Crippen LogP contribution >= 0.6 is 11.6 Å². The molecule has 0 saturated heterocycles. The summed E-state index contributed by atoms with van der Waals surface area (Å²) in [6, 6.07) is 0. The van der Waals surface area contributed by atoms with Crippen LogP contribution in [0.4, 0.5) is 0 Å². The SMILES string of the molecule is CC(C)(C)COS(=O)(=O)CCCCl. The Hall–Kier alpha value is 0.200. The molecule has 0 unspecified atom stereocenters. The van der Waals surface area contributed by atoms with Gasteiger partial charge in [-0.3, -0.25) is 4.18 Å². The standard InChI is InChI=1S/C8H17ClO3S/c1-8(2,3)7-12-13(10,11)6-4-5-9/h4-7H2,1-3H3. The molecule has 0 N–H and O–H groups in total. The summed E-state index contributed by atoms with van der Waals surface area (Å²) >= 11 is 5.38. The van der Waals surface area contributed by atoms with Crippen molar-refractivity contribution < 1.29 is 12.6 Å². The molecule has 0 aliphatic heterocycles. The quantitative estimate of drug-likeness (QED) is 0.534. The Bertz CT molecular complexity index is 228. The fraction of sp³-hybridized carbons (Fsp3) is 1.00. The maximum absolute atomic E-state index is 11.2. The van der Waals surface area contributed by atoms with Gasteiger partial charge in [-0.05, 0) is 11.8 Å². The highest BCUT2D eigenvalue weighted by molar-refractivity contribution is 7.86. The predicted octanol–water partition coefficient (Wildman–Crippen LogP) is 2.01. The second-order valence-corrected chi connectivity index (χ2v) is 6.26. The third kappa shape index (κ3) is 8.53. The molecule has 3 nitrogen and oxygen atoms in total. The Morgan fingerprint density at radius 2 is 1.85 bits per heavy atom. The average Bonchev–Trinajstić information content (AvgIpc) is 1.97. The van der Waals surface area contributed by atoms with Gasteiger partial charge in [0.25, 0.3) is 10.1 Å². The summed E-state index contributed by atoms with van der Waals surface area (Å²) in [6.07, 6.45) is 0.439. The zero-order valence-corrected chi connectivity index (χ0v) is 9.91. The third-order valence-electron chi connectivity index (χ3n) is 1.20. The first kappa shape index (κ1) is 13.2. The van der Waals surface area contributed by atoms with Gasteiger partial charge in [-0.2, -0.15) is 8.42 Å². The van der Waals surface area contributed by atoms with E-state index in [1.54, 1.807) is 0 Å². The molecular weight excluding hydrogens is 212 g/mol. The normalized spacial score (nSPS) is 13.2. The van der Waals surface area contributed by atoms with E-state index >= 15 is 0 Å². The minimum absolute atomic E-state index is 0.00653. The van der Waals surface area contributed by atoms with E-state index in [9.17, 15) is 8.42 Å². The molecular formula is C8H17ClO3S. The van der Waals surface area contributed by atoms with Gasteiger partial charge in [-0.1, -0.05) is 20.8 Å². The van der Waals surface area contributed by atoms with Crippen LogP contribution in [0.3, 0.4) is 0 Å². The largest absolute Gasteiger partial charge is 0.270 e. The van der Waals surface area contributed by atoms with Gasteiger partial charge in [-0.15, -0.1) is 11.6 Å². The molecule has 0 amide bonds. The number of halogens is 1. The average molecular weight is 229 g/mol. The van der Waals surface area contributed by atoms with Crippen molar-refractivity contribution in [3.05, 3.63) is 0 Å². The van der Waals surface area contributed by atoms with Crippen molar-refractivity contribution in [2.24, 2.45) is 5.41 Å². The monoisotopic (exact) mass is 228 g/mol. The summed E-state index contributed by atoms with van der Waals surface area (Å²) < 4.78 is 27.1. The highest BCUT2D eigenvalue weighted by Crippen LogP contribution is 2.14. The van der Waals surface area contributed by atoms with Gasteiger partial charge in [-0.25, -0.2) is 0 Å². The van der Waals surface area contributed by atoms with Gasteiger partial charge in [0.15, 0.2) is 0 Å². The highest BCUT2D eigenvalue weighted by atomic mass is 35.5. The van der Waals surface area contributed by atoms with Crippen LogP contribution in [0.15, 0.2) is 0 Å². The molecule has 0 atom stereocenters. The maximum atomic E-state index is 11.2. The Balaban J connectivity index is 3.91. The number of alkyl halides is 1. The number of hydrogen-bond donors (Lipinski definition) is 0. The minimum Gasteiger partial charge on any atom is -0.270 e. The minimum atomic E-state index is -3.36. The van der Waals surface area contributed by atoms with Crippen LogP contribution in [-0.2, 0) is 14.3 Å². The fourth-order valence-electron chi connectivity index (χ4n) is 0.557. The molecule has 0 heterocycles. The van der Waals surface area contributed by atoms with Crippen molar-refractivity contribution in [3.63, 3.8) is 0 Å². The lowest BCUT2D eigenvalue weighted by Crippen LogP contribution is -2.20. The van der Waals surface area contributed by atoms with Crippen molar-refractivity contribution in [2.45, 2.75) is 27.2 Å². The first-order valence-electron chi connectivity index (χ1n) is 4.20. The summed E-state index contributed by atoms with van der Waals surface area (Å²) in [7, 11) is -3.36. The first-order valence-corrected chi connectivity index (χ1v) is 6.31. The number of hydrogen-bond acceptors (Lipinski definition) is 3. The summed E-state index contributed by atoms with van der Waals surface area (Å²) in [5.41, 5.74) is -0.131. The van der Waals surface area contributed by atoms with E-state index in [1.807, 2.05) is 20.8 Å². The van der Waals surface area contributed by atoms with Gasteiger partial charge in [0, 0.05) is 5.88 Å². The van der Waals surface area contributed by atoms with Gasteiger partial charge in [0.05, 0.1) is 12.4 Å². The van der Waals surface area contributed by atoms with Crippen LogP contribution in [0.25, 0.3) is 0 Å². The van der Waals surface area contributed by atoms with E-state index in [2.05, 4.69) is 0 Å². The van der Waals surface area contributed by atoms with Gasteiger partial charge in [0.1, 0.15) is 0 Å². The second-order valence-electron chi connectivity index (χ2n) is 4.13. The highest BCUT2D eigenvalue weighted by Gasteiger charge is 2.17. The van der Waals surface area contributed by atoms with Crippen LogP contribution in [-0.4, -0.2) is 26.7 Å². The van der Waals surface area contributed by atoms with E-state index in [1.165, 1.54) is 0 Å². The zero-order chi connectivity index (χ0) is 10.5. The van der Waals surface area contributed by atoms with E-state index in [0.717, 1.165) is 0 Å². The molecule has 0 aromatic heterocycles. The Labute approximate surface area is 85.5 Å². The van der Waals surface area contributed by atoms with Crippen molar-refractivity contribution in [2.75, 3.05) is 18.2 Å². The first-order chi connectivity index (χ1) is 5.77. The summed E-state index contributed by atoms with van der Waals surface area (Å²) in [4.78, 5) is 0. The van der Waals surface area contributed by atoms with Gasteiger partial charge >= 0.3 is 0 Å². The predicted molar refractivity (Wildman–Crippen MR) is 54.5 cm³/mol. The van der Waals surface area contributed by atoms with E-state index in [4.69, 9.17) is 15.8 Å². The topological polar surface area (TPSA) is 43.4 Å². The van der Waals surface area contributed by atoms with Crippen molar-refractivity contribution in [1.82, 2.24) is 0 Å². The summed E-state index contributed by atoms with van der Waals surface area (Å²) in [6.45, 7) is 5.98. The molecule has 0 aliphatic rings. The van der Waals surface area contributed by atoms with Crippen LogP contribution in [0, 0.1) is 5.41 Å². The molecule has 0 bridgehead atoms. The molecule has 80 valence electrons. The van der Waals surface area contributed by atoms with Crippen LogP contribution < -0.4 is 0 Å². The lowest BCUT2D eigenvalue weighted by Gasteiger charge is -2.17. The maximum Gasteiger partial charge on any atom is 0.267 e. The molecule has 0 radical (unpaired) electrons. The molecule has 0 aromatic rings. The van der Waals surface area contributed by atoms with E-state index in [0.29, 0.717) is 12.3 Å². The molecule has 0 spiro atoms. The molecule has 0 saturated carbocycles. The second kappa shape index (κ2) is 5.17. The molecule has 0 fully saturated rings. The Kier molecular flexibility index (Phi) is 5.25. The van der Waals surface area contributed by atoms with Crippen LogP contribution in [0.5, 0.6) is 0 Å². The van der Waals surface area contributed by atoms with E-state index < -0.39 is 10.1 Å². The summed E-state index contributed by atoms with van der Waals surface area (Å²) in [5, 5.41) is 0. The van der Waals surface area contributed by atoms with Crippen molar-refractivity contribution >= 4 is 21.7 Å². The van der Waals surface area contributed by atoms with Crippen molar-refractivity contribution in [3.8, 4) is 0 Å². The van der Waals surface area contributed by atoms with Crippen LogP contribution in [0.1, 0.15) is 27.2 Å². The summed E-state index contributed by atoms with van der Waals surface area (Å²) in [5.74, 6) is 0.352. The smallest absolute Gasteiger partial charge is 0.267 e.